The summed E-state index contributed by atoms with van der Waals surface area (Å²) in [4.78, 5) is 79.4. The summed E-state index contributed by atoms with van der Waals surface area (Å²) < 4.78 is 33.5. The van der Waals surface area contributed by atoms with Crippen molar-refractivity contribution in [3.05, 3.63) is 124 Å². The smallest absolute Gasteiger partial charge is 0.258 e. The normalized spacial score (nSPS) is 17.4. The van der Waals surface area contributed by atoms with Crippen LogP contribution < -0.4 is 26.2 Å². The van der Waals surface area contributed by atoms with E-state index in [1.165, 1.54) is 17.0 Å². The molecule has 5 heterocycles. The maximum absolute atomic E-state index is 14.1. The summed E-state index contributed by atoms with van der Waals surface area (Å²) in [5, 5.41) is 31.2. The summed E-state index contributed by atoms with van der Waals surface area (Å²) in [6.45, 7) is 11.4. The number of nitrogens with zero attached hydrogens (tertiary/aromatic N) is 5. The van der Waals surface area contributed by atoms with Gasteiger partial charge in [-0.1, -0.05) is 63.9 Å². The van der Waals surface area contributed by atoms with E-state index in [1.54, 1.807) is 17.4 Å². The molecule has 3 atom stereocenters. The summed E-state index contributed by atoms with van der Waals surface area (Å²) in [5.41, 5.74) is 8.05. The molecule has 17 nitrogen and oxygen atoms in total. The number of aromatic amines is 1. The molecule has 3 fully saturated rings. The monoisotopic (exact) mass is 1110 g/mol. The van der Waals surface area contributed by atoms with Crippen molar-refractivity contribution in [2.75, 3.05) is 61.5 Å². The van der Waals surface area contributed by atoms with E-state index in [1.807, 2.05) is 92.7 Å². The molecule has 0 aliphatic carbocycles. The first-order chi connectivity index (χ1) is 38.4. The van der Waals surface area contributed by atoms with Crippen molar-refractivity contribution in [1.29, 1.82) is 0 Å². The number of aliphatic hydroxyl groups is 1. The zero-order chi connectivity index (χ0) is 56.5. The molecule has 9 rings (SSSR count). The number of fused-ring (bicyclic) bond motifs is 1. The van der Waals surface area contributed by atoms with Gasteiger partial charge in [-0.3, -0.25) is 29.1 Å². The molecule has 424 valence electrons. The Morgan fingerprint density at radius 2 is 1.56 bits per heavy atom. The Labute approximate surface area is 469 Å². The maximum Gasteiger partial charge on any atom is 0.258 e. The van der Waals surface area contributed by atoms with Gasteiger partial charge in [0.2, 0.25) is 23.6 Å². The molecule has 3 aliphatic heterocycles. The minimum Gasteiger partial charge on any atom is -0.391 e. The molecule has 0 bridgehead atoms. The van der Waals surface area contributed by atoms with Crippen molar-refractivity contribution in [3.8, 4) is 10.4 Å². The van der Waals surface area contributed by atoms with Crippen molar-refractivity contribution >= 4 is 69.0 Å². The molecule has 6 N–H and O–H groups in total. The second kappa shape index (κ2) is 25.9. The van der Waals surface area contributed by atoms with Gasteiger partial charge in [-0.05, 0) is 109 Å². The van der Waals surface area contributed by atoms with Crippen molar-refractivity contribution in [1.82, 2.24) is 35.6 Å². The Balaban J connectivity index is 0.718. The maximum atomic E-state index is 14.1. The first-order valence-electron chi connectivity index (χ1n) is 27.7. The van der Waals surface area contributed by atoms with Gasteiger partial charge in [0.1, 0.15) is 23.7 Å². The van der Waals surface area contributed by atoms with E-state index >= 15 is 0 Å². The Kier molecular flexibility index (Phi) is 18.6. The van der Waals surface area contributed by atoms with E-state index < -0.39 is 41.1 Å². The van der Waals surface area contributed by atoms with Crippen molar-refractivity contribution in [3.63, 3.8) is 0 Å². The molecule has 3 aliphatic rings. The van der Waals surface area contributed by atoms with Crippen LogP contribution in [0.3, 0.4) is 0 Å². The zero-order valence-corrected chi connectivity index (χ0v) is 46.7. The lowest BCUT2D eigenvalue weighted by Gasteiger charge is -2.36. The fourth-order valence-electron chi connectivity index (χ4n) is 10.8. The van der Waals surface area contributed by atoms with Crippen LogP contribution in [-0.2, 0) is 36.9 Å². The number of aliphatic hydroxyl groups excluding tert-OH is 1. The van der Waals surface area contributed by atoms with Crippen molar-refractivity contribution < 1.29 is 42.6 Å². The molecule has 2 aromatic heterocycles. The molecule has 20 heteroatoms. The van der Waals surface area contributed by atoms with Crippen LogP contribution in [0.2, 0.25) is 0 Å². The third kappa shape index (κ3) is 14.5. The van der Waals surface area contributed by atoms with Crippen LogP contribution in [0, 0.1) is 24.0 Å². The zero-order valence-electron chi connectivity index (χ0n) is 45.9. The molecule has 0 saturated carbocycles. The van der Waals surface area contributed by atoms with Gasteiger partial charge in [-0.2, -0.15) is 5.10 Å². The standard InChI is InChI=1S/C60H72F2N10O7S/c1-37-54(80-36-64-37)41-14-11-38(12-15-41)34-63-58(77)51-33-46(73)35-72(51)59(78)55(60(2,3)4)66-52(74)9-7-5-6-8-10-53(75)71-23-21-70(22-24-71)45-16-17-47(50(32-45)65-44-19-25-79-26-20-44)57(76)67-56-48-30-39(13-18-49(48)68-69-56)27-40-28-42(61)31-43(62)29-40/h11-18,28-32,36,44,46,51,55,65,73H,5-10,19-27,33-35H2,1-4H3,(H,63,77)(H,66,74)(H2,67,68,69,76)/t46-,51+,55-/m1/s1. The number of amides is 5. The van der Waals surface area contributed by atoms with E-state index in [4.69, 9.17) is 4.74 Å². The largest absolute Gasteiger partial charge is 0.391 e. The number of rotatable bonds is 20. The number of carbonyl (C=O) groups excluding carboxylic acids is 5. The van der Waals surface area contributed by atoms with E-state index in [-0.39, 0.29) is 62.0 Å². The number of carbonyl (C=O) groups is 5. The van der Waals surface area contributed by atoms with Crippen LogP contribution in [0.15, 0.2) is 84.4 Å². The van der Waals surface area contributed by atoms with E-state index in [0.717, 1.165) is 64.7 Å². The van der Waals surface area contributed by atoms with E-state index in [2.05, 4.69) is 41.3 Å². The number of β-amino-alcohol motifs (C(OH)–C–C–N with tert-alkyl or cyclic N) is 1. The number of unbranched alkanes of at least 4 members (excludes halogenated alkanes) is 3. The van der Waals surface area contributed by atoms with Crippen LogP contribution in [0.4, 0.5) is 26.0 Å². The lowest BCUT2D eigenvalue weighted by atomic mass is 9.85. The average molecular weight is 1120 g/mol. The third-order valence-electron chi connectivity index (χ3n) is 15.3. The highest BCUT2D eigenvalue weighted by Gasteiger charge is 2.44. The highest BCUT2D eigenvalue weighted by atomic mass is 32.1. The van der Waals surface area contributed by atoms with Gasteiger partial charge in [-0.25, -0.2) is 13.8 Å². The number of hydrogen-bond donors (Lipinski definition) is 6. The Bertz CT molecular complexity index is 3150. The first-order valence-corrected chi connectivity index (χ1v) is 28.6. The van der Waals surface area contributed by atoms with Gasteiger partial charge >= 0.3 is 0 Å². The van der Waals surface area contributed by atoms with Crippen molar-refractivity contribution in [2.24, 2.45) is 5.41 Å². The molecule has 80 heavy (non-hydrogen) atoms. The first kappa shape index (κ1) is 57.4. The number of nitrogens with one attached hydrogen (secondary N) is 5. The number of aryl methyl sites for hydroxylation is 1. The van der Waals surface area contributed by atoms with Crippen LogP contribution in [0.1, 0.15) is 111 Å². The third-order valence-corrected chi connectivity index (χ3v) is 16.2. The van der Waals surface area contributed by atoms with Crippen LogP contribution in [0.5, 0.6) is 0 Å². The molecule has 0 spiro atoms. The summed E-state index contributed by atoms with van der Waals surface area (Å²) in [6.07, 6.45) is 4.44. The Morgan fingerprint density at radius 1 is 0.850 bits per heavy atom. The number of likely N-dealkylation sites (tertiary alicyclic amines) is 1. The fraction of sp³-hybridized carbons (Fsp3) is 0.450. The van der Waals surface area contributed by atoms with Gasteiger partial charge in [0.25, 0.3) is 5.91 Å². The number of anilines is 3. The quantitative estimate of drug-likeness (QED) is 0.0399. The molecule has 4 aromatic carbocycles. The number of thiazole rings is 1. The number of halogens is 2. The highest BCUT2D eigenvalue weighted by molar-refractivity contribution is 7.13. The lowest BCUT2D eigenvalue weighted by Crippen LogP contribution is -2.57. The number of ether oxygens (including phenoxy) is 1. The highest BCUT2D eigenvalue weighted by Crippen LogP contribution is 2.32. The van der Waals surface area contributed by atoms with Gasteiger partial charge in [0.15, 0.2) is 5.82 Å². The molecular weight excluding hydrogens is 1040 g/mol. The second-order valence-electron chi connectivity index (χ2n) is 22.3. The molecule has 3 saturated heterocycles. The topological polar surface area (TPSA) is 214 Å². The number of hydrogen-bond acceptors (Lipinski definition) is 12. The van der Waals surface area contributed by atoms with Crippen molar-refractivity contribution in [2.45, 2.75) is 123 Å². The number of aromatic nitrogens is 3. The molecule has 0 unspecified atom stereocenters. The molecule has 0 radical (unpaired) electrons. The van der Waals surface area contributed by atoms with Gasteiger partial charge < -0.3 is 45.8 Å². The van der Waals surface area contributed by atoms with Crippen LogP contribution >= 0.6 is 11.3 Å². The van der Waals surface area contributed by atoms with E-state index in [0.29, 0.717) is 92.2 Å². The van der Waals surface area contributed by atoms with Gasteiger partial charge in [0.05, 0.1) is 33.3 Å². The molecule has 5 amide bonds. The SMILES string of the molecule is Cc1ncsc1-c1ccc(CNC(=O)[C@@H]2C[C@@H](O)CN2C(=O)[C@@H](NC(=O)CCCCCCC(=O)N2CCN(c3ccc(C(=O)Nc4n[nH]c5ccc(Cc6cc(F)cc(F)c6)cc45)c(NC4CCOCC4)c3)CC2)C(C)(C)C)cc1. The molecule has 6 aromatic rings. The van der Waals surface area contributed by atoms with Gasteiger partial charge in [-0.15, -0.1) is 11.3 Å². The summed E-state index contributed by atoms with van der Waals surface area (Å²) in [5.74, 6) is -2.27. The Morgan fingerprint density at radius 3 is 2.26 bits per heavy atom. The predicted octanol–water partition coefficient (Wildman–Crippen LogP) is 8.51. The lowest BCUT2D eigenvalue weighted by molar-refractivity contribution is -0.144. The Hall–Kier alpha value is -7.29. The fourth-order valence-corrected chi connectivity index (χ4v) is 11.6. The summed E-state index contributed by atoms with van der Waals surface area (Å²) in [7, 11) is 0. The second-order valence-corrected chi connectivity index (χ2v) is 23.2. The minimum atomic E-state index is -0.915. The minimum absolute atomic E-state index is 0.00653. The molecular formula is C60H72F2N10O7S. The van der Waals surface area contributed by atoms with Gasteiger partial charge in [0, 0.05) is 101 Å². The van der Waals surface area contributed by atoms with Crippen LogP contribution in [0.25, 0.3) is 21.3 Å². The summed E-state index contributed by atoms with van der Waals surface area (Å²) >= 11 is 1.57. The number of H-pyrrole nitrogens is 1. The summed E-state index contributed by atoms with van der Waals surface area (Å²) in [6, 6.07) is 20.9. The number of benzene rings is 4. The van der Waals surface area contributed by atoms with E-state index in [9.17, 15) is 37.9 Å². The average Bonchev–Trinajstić information content (AvgIpc) is 4.24. The number of piperazine rings is 1. The predicted molar refractivity (Wildman–Crippen MR) is 305 cm³/mol. The van der Waals surface area contributed by atoms with Crippen LogP contribution in [-0.4, -0.2) is 130 Å².